The Morgan fingerprint density at radius 2 is 1.87 bits per heavy atom. The Balaban J connectivity index is 0.00000240. The van der Waals surface area contributed by atoms with Crippen molar-refractivity contribution in [2.24, 2.45) is 7.05 Å². The van der Waals surface area contributed by atoms with E-state index in [-0.39, 0.29) is 36.5 Å². The van der Waals surface area contributed by atoms with Crippen LogP contribution in [0.25, 0.3) is 10.9 Å². The molecule has 0 atom stereocenters. The number of phenols is 1. The molecule has 2 aromatic carbocycles. The minimum Gasteiger partial charge on any atom is -0.506 e. The molecule has 1 aromatic heterocycles. The van der Waals surface area contributed by atoms with Gasteiger partial charge in [0.2, 0.25) is 0 Å². The van der Waals surface area contributed by atoms with Gasteiger partial charge in [0.15, 0.2) is 0 Å². The third kappa shape index (κ3) is 5.90. The lowest BCUT2D eigenvalue weighted by atomic mass is 10.0. The lowest BCUT2D eigenvalue weighted by Crippen LogP contribution is -2.13. The minimum absolute atomic E-state index is 0. The second kappa shape index (κ2) is 12.0. The molecule has 0 spiro atoms. The van der Waals surface area contributed by atoms with E-state index in [0.717, 1.165) is 21.5 Å². The molecule has 0 bridgehead atoms. The van der Waals surface area contributed by atoms with E-state index in [1.807, 2.05) is 54.9 Å². The van der Waals surface area contributed by atoms with Crippen LogP contribution in [0.15, 0.2) is 45.8 Å². The first-order chi connectivity index (χ1) is 13.8. The van der Waals surface area contributed by atoms with Crippen LogP contribution in [0.2, 0.25) is 0 Å². The Kier molecular flexibility index (Phi) is 10.7. The predicted octanol–water partition coefficient (Wildman–Crippen LogP) is 6.02. The number of halogens is 3. The van der Waals surface area contributed by atoms with E-state index in [1.54, 1.807) is 18.7 Å². The molecule has 0 saturated heterocycles. The van der Waals surface area contributed by atoms with Crippen LogP contribution in [-0.2, 0) is 24.1 Å². The molecule has 3 rings (SSSR count). The zero-order chi connectivity index (χ0) is 21.1. The number of thioether (sulfide) groups is 1. The lowest BCUT2D eigenvalue weighted by molar-refractivity contribution is 0.0527. The summed E-state index contributed by atoms with van der Waals surface area (Å²) in [5.41, 5.74) is 3.02. The number of carbonyl (C=O) groups is 1. The van der Waals surface area contributed by atoms with Crippen molar-refractivity contribution in [2.75, 3.05) is 20.7 Å². The summed E-state index contributed by atoms with van der Waals surface area (Å²) < 4.78 is 8.04. The second-order valence-corrected chi connectivity index (χ2v) is 8.92. The highest BCUT2D eigenvalue weighted by molar-refractivity contribution is 9.10. The number of ether oxygens (including phenoxy) is 1. The lowest BCUT2D eigenvalue weighted by Gasteiger charge is -2.15. The maximum Gasteiger partial charge on any atom is 0.340 e. The Hall–Kier alpha value is -1.38. The second-order valence-electron chi connectivity index (χ2n) is 7.02. The highest BCUT2D eigenvalue weighted by Gasteiger charge is 2.27. The van der Waals surface area contributed by atoms with Gasteiger partial charge in [-0.25, -0.2) is 4.79 Å². The number of nitrogens with zero attached hydrogens (tertiary/aromatic N) is 2. The van der Waals surface area contributed by atoms with Crippen LogP contribution in [-0.4, -0.2) is 41.2 Å². The third-order valence-corrected chi connectivity index (χ3v) is 6.34. The van der Waals surface area contributed by atoms with Gasteiger partial charge in [-0.15, -0.1) is 36.6 Å². The number of aromatic hydroxyl groups is 1. The summed E-state index contributed by atoms with van der Waals surface area (Å²) in [6.45, 7) is 2.60. The first-order valence-electron chi connectivity index (χ1n) is 9.36. The number of esters is 1. The monoisotopic (exact) mass is 548 g/mol. The molecule has 0 aliphatic rings. The molecule has 1 heterocycles. The molecule has 0 amide bonds. The number of benzene rings is 2. The SMILES string of the molecule is CCOC(=O)c1c(CSc2ccccc2)n(C)c2cc(Br)c(O)c(CN(C)C)c12.Cl.Cl. The van der Waals surface area contributed by atoms with E-state index in [0.29, 0.717) is 34.5 Å². The standard InChI is InChI=1S/C22H25BrN2O3S.2ClH/c1-5-28-22(27)20-18(13-29-14-9-7-6-8-10-14)25(4)17-11-16(23)21(26)15(19(17)20)12-24(2)3;;/h6-11,26H,5,12-13H2,1-4H3;2*1H. The van der Waals surface area contributed by atoms with Gasteiger partial charge in [-0.3, -0.25) is 0 Å². The first kappa shape index (κ1) is 27.7. The van der Waals surface area contributed by atoms with E-state index < -0.39 is 0 Å². The Morgan fingerprint density at radius 1 is 1.23 bits per heavy atom. The molecule has 3 aromatic rings. The summed E-state index contributed by atoms with van der Waals surface area (Å²) in [6, 6.07) is 12.0. The van der Waals surface area contributed by atoms with Gasteiger partial charge in [-0.05, 0) is 55.1 Å². The average Bonchev–Trinajstić information content (AvgIpc) is 2.96. The van der Waals surface area contributed by atoms with Crippen molar-refractivity contribution < 1.29 is 14.6 Å². The summed E-state index contributed by atoms with van der Waals surface area (Å²) >= 11 is 5.13. The number of hydrogen-bond acceptors (Lipinski definition) is 5. The Bertz CT molecular complexity index is 1040. The fourth-order valence-electron chi connectivity index (χ4n) is 3.41. The van der Waals surface area contributed by atoms with Crippen LogP contribution in [0.3, 0.4) is 0 Å². The molecule has 1 N–H and O–H groups in total. The highest BCUT2D eigenvalue weighted by atomic mass is 79.9. The molecule has 31 heavy (non-hydrogen) atoms. The Morgan fingerprint density at radius 3 is 2.45 bits per heavy atom. The maximum absolute atomic E-state index is 13.0. The smallest absolute Gasteiger partial charge is 0.340 e. The highest BCUT2D eigenvalue weighted by Crippen LogP contribution is 2.41. The van der Waals surface area contributed by atoms with Crippen molar-refractivity contribution in [1.82, 2.24) is 9.47 Å². The van der Waals surface area contributed by atoms with Crippen LogP contribution in [0, 0.1) is 0 Å². The fourth-order valence-corrected chi connectivity index (χ4v) is 4.86. The summed E-state index contributed by atoms with van der Waals surface area (Å²) in [5, 5.41) is 11.5. The van der Waals surface area contributed by atoms with Crippen molar-refractivity contribution in [2.45, 2.75) is 24.1 Å². The molecule has 0 radical (unpaired) electrons. The van der Waals surface area contributed by atoms with Crippen LogP contribution >= 0.6 is 52.5 Å². The zero-order valence-electron chi connectivity index (χ0n) is 17.8. The van der Waals surface area contributed by atoms with E-state index in [4.69, 9.17) is 4.74 Å². The molecular weight excluding hydrogens is 523 g/mol. The van der Waals surface area contributed by atoms with E-state index in [1.165, 1.54) is 0 Å². The molecule has 0 fully saturated rings. The average molecular weight is 550 g/mol. The number of hydrogen-bond donors (Lipinski definition) is 1. The van der Waals surface area contributed by atoms with Crippen molar-refractivity contribution in [3.8, 4) is 5.75 Å². The number of carbonyl (C=O) groups excluding carboxylic acids is 1. The van der Waals surface area contributed by atoms with E-state index in [9.17, 15) is 9.90 Å². The predicted molar refractivity (Wildman–Crippen MR) is 136 cm³/mol. The van der Waals surface area contributed by atoms with Crippen LogP contribution in [0.5, 0.6) is 5.75 Å². The molecule has 0 saturated carbocycles. The van der Waals surface area contributed by atoms with E-state index >= 15 is 0 Å². The van der Waals surface area contributed by atoms with Gasteiger partial charge in [0.25, 0.3) is 0 Å². The van der Waals surface area contributed by atoms with Gasteiger partial charge in [-0.2, -0.15) is 0 Å². The minimum atomic E-state index is -0.358. The third-order valence-electron chi connectivity index (χ3n) is 4.71. The number of fused-ring (bicyclic) bond motifs is 1. The zero-order valence-corrected chi connectivity index (χ0v) is 21.9. The Labute approximate surface area is 208 Å². The molecule has 5 nitrogen and oxygen atoms in total. The van der Waals surface area contributed by atoms with Gasteiger partial charge >= 0.3 is 5.97 Å². The number of aryl methyl sites for hydroxylation is 1. The van der Waals surface area contributed by atoms with Crippen molar-refractivity contribution >= 4 is 69.4 Å². The summed E-state index contributed by atoms with van der Waals surface area (Å²) in [5.74, 6) is 0.413. The van der Waals surface area contributed by atoms with Crippen LogP contribution in [0.4, 0.5) is 0 Å². The fraction of sp³-hybridized carbons (Fsp3) is 0.318. The van der Waals surface area contributed by atoms with Gasteiger partial charge in [0.05, 0.1) is 22.2 Å². The first-order valence-corrected chi connectivity index (χ1v) is 11.1. The van der Waals surface area contributed by atoms with Gasteiger partial charge in [0.1, 0.15) is 5.75 Å². The van der Waals surface area contributed by atoms with Crippen molar-refractivity contribution in [3.63, 3.8) is 0 Å². The van der Waals surface area contributed by atoms with Crippen LogP contribution in [0.1, 0.15) is 28.5 Å². The topological polar surface area (TPSA) is 54.7 Å². The number of aromatic nitrogens is 1. The largest absolute Gasteiger partial charge is 0.506 e. The summed E-state index contributed by atoms with van der Waals surface area (Å²) in [7, 11) is 5.82. The van der Waals surface area contributed by atoms with Gasteiger partial charge in [0, 0.05) is 40.9 Å². The maximum atomic E-state index is 13.0. The van der Waals surface area contributed by atoms with Gasteiger partial charge < -0.3 is 19.3 Å². The molecule has 9 heteroatoms. The molecule has 0 unspecified atom stereocenters. The van der Waals surface area contributed by atoms with Crippen LogP contribution < -0.4 is 0 Å². The number of phenolic OH excluding ortho intramolecular Hbond substituents is 1. The molecule has 0 aliphatic carbocycles. The molecular formula is C22H27BrCl2N2O3S. The van der Waals surface area contributed by atoms with Gasteiger partial charge in [-0.1, -0.05) is 18.2 Å². The van der Waals surface area contributed by atoms with Crippen molar-refractivity contribution in [1.29, 1.82) is 0 Å². The van der Waals surface area contributed by atoms with Crippen molar-refractivity contribution in [3.05, 3.63) is 57.7 Å². The quantitative estimate of drug-likeness (QED) is 0.288. The molecule has 0 aliphatic heterocycles. The van der Waals surface area contributed by atoms with E-state index in [2.05, 4.69) is 28.1 Å². The summed E-state index contributed by atoms with van der Waals surface area (Å²) in [4.78, 5) is 16.1. The summed E-state index contributed by atoms with van der Waals surface area (Å²) in [6.07, 6.45) is 0. The number of rotatable bonds is 7. The molecule has 170 valence electrons. The normalized spacial score (nSPS) is 10.6.